The molecule has 1 N–H and O–H groups in total. The highest BCUT2D eigenvalue weighted by atomic mass is 32.1. The fourth-order valence-electron chi connectivity index (χ4n) is 2.77. The molecule has 0 bridgehead atoms. The van der Waals surface area contributed by atoms with Crippen molar-refractivity contribution >= 4 is 23.3 Å². The van der Waals surface area contributed by atoms with Crippen LogP contribution < -0.4 is 5.32 Å². The van der Waals surface area contributed by atoms with E-state index in [0.717, 1.165) is 23.4 Å². The third-order valence-corrected chi connectivity index (χ3v) is 5.01. The van der Waals surface area contributed by atoms with Gasteiger partial charge >= 0.3 is 6.09 Å². The maximum Gasteiger partial charge on any atom is 0.409 e. The summed E-state index contributed by atoms with van der Waals surface area (Å²) < 4.78 is 5.00. The Labute approximate surface area is 150 Å². The Morgan fingerprint density at radius 2 is 2.00 bits per heavy atom. The van der Waals surface area contributed by atoms with Gasteiger partial charge in [0.2, 0.25) is 0 Å². The van der Waals surface area contributed by atoms with E-state index in [1.165, 1.54) is 11.3 Å². The van der Waals surface area contributed by atoms with Crippen molar-refractivity contribution in [2.75, 3.05) is 19.7 Å². The number of rotatable bonds is 4. The summed E-state index contributed by atoms with van der Waals surface area (Å²) in [6.45, 7) is 3.36. The van der Waals surface area contributed by atoms with Crippen molar-refractivity contribution < 1.29 is 14.3 Å². The van der Waals surface area contributed by atoms with Crippen LogP contribution in [0.4, 0.5) is 4.79 Å². The van der Waals surface area contributed by atoms with Crippen LogP contribution >= 0.6 is 11.3 Å². The van der Waals surface area contributed by atoms with Crippen LogP contribution in [-0.2, 0) is 4.74 Å². The predicted molar refractivity (Wildman–Crippen MR) is 96.6 cm³/mol. The summed E-state index contributed by atoms with van der Waals surface area (Å²) in [5.41, 5.74) is 1.45. The van der Waals surface area contributed by atoms with Gasteiger partial charge in [-0.1, -0.05) is 30.3 Å². The average molecular weight is 359 g/mol. The Bertz CT molecular complexity index is 724. The van der Waals surface area contributed by atoms with Gasteiger partial charge in [0, 0.05) is 30.1 Å². The van der Waals surface area contributed by atoms with E-state index in [0.29, 0.717) is 25.4 Å². The van der Waals surface area contributed by atoms with Crippen LogP contribution in [0.3, 0.4) is 0 Å². The number of amides is 2. The van der Waals surface area contributed by atoms with E-state index >= 15 is 0 Å². The van der Waals surface area contributed by atoms with E-state index < -0.39 is 0 Å². The molecule has 0 unspecified atom stereocenters. The number of carbonyl (C=O) groups excluding carboxylic acids is 2. The molecule has 0 spiro atoms. The Balaban J connectivity index is 1.54. The predicted octanol–water partition coefficient (Wildman–Crippen LogP) is 3.16. The highest BCUT2D eigenvalue weighted by Gasteiger charge is 2.25. The Hall–Kier alpha value is -2.41. The van der Waals surface area contributed by atoms with Gasteiger partial charge < -0.3 is 15.0 Å². The van der Waals surface area contributed by atoms with Crippen molar-refractivity contribution in [3.63, 3.8) is 0 Å². The van der Waals surface area contributed by atoms with Crippen LogP contribution in [-0.4, -0.2) is 47.6 Å². The van der Waals surface area contributed by atoms with Crippen molar-refractivity contribution in [2.45, 2.75) is 25.8 Å². The molecule has 2 heterocycles. The van der Waals surface area contributed by atoms with Crippen molar-refractivity contribution in [2.24, 2.45) is 0 Å². The van der Waals surface area contributed by atoms with E-state index in [4.69, 9.17) is 4.74 Å². The molecule has 3 rings (SSSR count). The highest BCUT2D eigenvalue weighted by Crippen LogP contribution is 2.23. The molecule has 0 aliphatic carbocycles. The molecule has 7 heteroatoms. The second-order valence-corrected chi connectivity index (χ2v) is 6.70. The normalized spacial score (nSPS) is 15.0. The standard InChI is InChI=1S/C18H21N3O3S/c1-2-24-18(23)21-10-8-14(9-11-21)19-16(22)15-12-25-17(20-15)13-6-4-3-5-7-13/h3-7,12,14H,2,8-11H2,1H3,(H,19,22). The van der Waals surface area contributed by atoms with Gasteiger partial charge in [0.1, 0.15) is 10.7 Å². The number of thiazole rings is 1. The van der Waals surface area contributed by atoms with Crippen LogP contribution in [0.5, 0.6) is 0 Å². The van der Waals surface area contributed by atoms with Gasteiger partial charge in [-0.3, -0.25) is 4.79 Å². The molecule has 1 aliphatic rings. The first kappa shape index (κ1) is 17.4. The highest BCUT2D eigenvalue weighted by molar-refractivity contribution is 7.13. The molecular formula is C18H21N3O3S. The lowest BCUT2D eigenvalue weighted by atomic mass is 10.1. The zero-order valence-electron chi connectivity index (χ0n) is 14.1. The Kier molecular flexibility index (Phi) is 5.65. The monoisotopic (exact) mass is 359 g/mol. The van der Waals surface area contributed by atoms with Crippen molar-refractivity contribution in [1.82, 2.24) is 15.2 Å². The zero-order valence-corrected chi connectivity index (χ0v) is 14.9. The number of benzene rings is 1. The van der Waals surface area contributed by atoms with Crippen LogP contribution in [0.1, 0.15) is 30.3 Å². The molecule has 1 fully saturated rings. The lowest BCUT2D eigenvalue weighted by molar-refractivity contribution is 0.0857. The Morgan fingerprint density at radius 1 is 1.28 bits per heavy atom. The smallest absolute Gasteiger partial charge is 0.409 e. The Morgan fingerprint density at radius 3 is 2.68 bits per heavy atom. The number of piperidine rings is 1. The number of aromatic nitrogens is 1. The first-order valence-electron chi connectivity index (χ1n) is 8.41. The topological polar surface area (TPSA) is 71.5 Å². The third kappa shape index (κ3) is 4.36. The maximum absolute atomic E-state index is 12.4. The lowest BCUT2D eigenvalue weighted by Crippen LogP contribution is -2.46. The van der Waals surface area contributed by atoms with Crippen LogP contribution in [0.15, 0.2) is 35.7 Å². The molecule has 2 aromatic rings. The SMILES string of the molecule is CCOC(=O)N1CCC(NC(=O)c2csc(-c3ccccc3)n2)CC1. The van der Waals surface area contributed by atoms with E-state index in [1.54, 1.807) is 17.2 Å². The molecule has 1 aromatic heterocycles. The molecule has 0 atom stereocenters. The molecule has 6 nitrogen and oxygen atoms in total. The van der Waals surface area contributed by atoms with Gasteiger partial charge in [-0.15, -0.1) is 11.3 Å². The van der Waals surface area contributed by atoms with Crippen LogP contribution in [0, 0.1) is 0 Å². The molecule has 0 saturated carbocycles. The van der Waals surface area contributed by atoms with Crippen molar-refractivity contribution in [1.29, 1.82) is 0 Å². The quantitative estimate of drug-likeness (QED) is 0.910. The summed E-state index contributed by atoms with van der Waals surface area (Å²) in [5, 5.41) is 5.64. The molecule has 1 aromatic carbocycles. The lowest BCUT2D eigenvalue weighted by Gasteiger charge is -2.31. The van der Waals surface area contributed by atoms with Gasteiger partial charge in [0.25, 0.3) is 5.91 Å². The van der Waals surface area contributed by atoms with E-state index in [-0.39, 0.29) is 18.0 Å². The minimum atomic E-state index is -0.278. The fraction of sp³-hybridized carbons (Fsp3) is 0.389. The average Bonchev–Trinajstić information content (AvgIpc) is 3.13. The number of nitrogens with zero attached hydrogens (tertiary/aromatic N) is 2. The van der Waals surface area contributed by atoms with Gasteiger partial charge in [-0.25, -0.2) is 9.78 Å². The molecule has 2 amide bonds. The molecular weight excluding hydrogens is 338 g/mol. The van der Waals surface area contributed by atoms with Crippen LogP contribution in [0.25, 0.3) is 10.6 Å². The summed E-state index contributed by atoms with van der Waals surface area (Å²) in [6.07, 6.45) is 1.17. The maximum atomic E-state index is 12.4. The summed E-state index contributed by atoms with van der Waals surface area (Å²) in [7, 11) is 0. The fourth-order valence-corrected chi connectivity index (χ4v) is 3.58. The summed E-state index contributed by atoms with van der Waals surface area (Å²) in [5.74, 6) is -0.159. The second-order valence-electron chi connectivity index (χ2n) is 5.84. The number of likely N-dealkylation sites (tertiary alicyclic amines) is 1. The number of ether oxygens (including phenoxy) is 1. The largest absolute Gasteiger partial charge is 0.450 e. The minimum absolute atomic E-state index is 0.0556. The molecule has 1 saturated heterocycles. The van der Waals surface area contributed by atoms with E-state index in [9.17, 15) is 9.59 Å². The summed E-state index contributed by atoms with van der Waals surface area (Å²) in [4.78, 5) is 30.2. The van der Waals surface area contributed by atoms with Gasteiger partial charge in [-0.05, 0) is 19.8 Å². The second kappa shape index (κ2) is 8.11. The zero-order chi connectivity index (χ0) is 17.6. The number of hydrogen-bond acceptors (Lipinski definition) is 5. The first-order valence-corrected chi connectivity index (χ1v) is 9.29. The summed E-state index contributed by atoms with van der Waals surface area (Å²) >= 11 is 1.46. The first-order chi connectivity index (χ1) is 12.2. The van der Waals surface area contributed by atoms with Gasteiger partial charge in [-0.2, -0.15) is 0 Å². The van der Waals surface area contributed by atoms with E-state index in [1.807, 2.05) is 30.3 Å². The van der Waals surface area contributed by atoms with Gasteiger partial charge in [0.05, 0.1) is 6.61 Å². The number of nitrogens with one attached hydrogen (secondary N) is 1. The van der Waals surface area contributed by atoms with Crippen molar-refractivity contribution in [3.8, 4) is 10.6 Å². The number of carbonyl (C=O) groups is 2. The minimum Gasteiger partial charge on any atom is -0.450 e. The van der Waals surface area contributed by atoms with Gasteiger partial charge in [0.15, 0.2) is 0 Å². The summed E-state index contributed by atoms with van der Waals surface area (Å²) in [6, 6.07) is 9.87. The molecule has 0 radical (unpaired) electrons. The third-order valence-electron chi connectivity index (χ3n) is 4.11. The van der Waals surface area contributed by atoms with Crippen LogP contribution in [0.2, 0.25) is 0 Å². The van der Waals surface area contributed by atoms with E-state index in [2.05, 4.69) is 10.3 Å². The molecule has 1 aliphatic heterocycles. The molecule has 25 heavy (non-hydrogen) atoms. The van der Waals surface area contributed by atoms with Crippen molar-refractivity contribution in [3.05, 3.63) is 41.4 Å². The number of hydrogen-bond donors (Lipinski definition) is 1. The molecule has 132 valence electrons.